The Hall–Kier alpha value is -0.410. The van der Waals surface area contributed by atoms with Gasteiger partial charge in [0.25, 0.3) is 0 Å². The Bertz CT molecular complexity index is 472. The van der Waals surface area contributed by atoms with Gasteiger partial charge in [0.15, 0.2) is 0 Å². The van der Waals surface area contributed by atoms with E-state index in [4.69, 9.17) is 0 Å². The van der Waals surface area contributed by atoms with Gasteiger partial charge in [-0.15, -0.1) is 0 Å². The molecule has 1 aliphatic rings. The molecule has 2 atom stereocenters. The van der Waals surface area contributed by atoms with Gasteiger partial charge in [-0.05, 0) is 64.2 Å². The molecule has 0 aromatic heterocycles. The van der Waals surface area contributed by atoms with Crippen molar-refractivity contribution in [2.45, 2.75) is 52.1 Å². The van der Waals surface area contributed by atoms with Crippen LogP contribution >= 0.6 is 15.9 Å². The second kappa shape index (κ2) is 5.17. The highest BCUT2D eigenvalue weighted by molar-refractivity contribution is 9.10. The summed E-state index contributed by atoms with van der Waals surface area (Å²) in [4.78, 5) is 0. The van der Waals surface area contributed by atoms with Crippen molar-refractivity contribution < 1.29 is 9.50 Å². The molecule has 2 rings (SSSR count). The van der Waals surface area contributed by atoms with Crippen molar-refractivity contribution in [3.63, 3.8) is 0 Å². The maximum Gasteiger partial charge on any atom is 0.137 e. The summed E-state index contributed by atoms with van der Waals surface area (Å²) in [6.45, 7) is 6.65. The van der Waals surface area contributed by atoms with Crippen LogP contribution in [0.25, 0.3) is 0 Å². The van der Waals surface area contributed by atoms with Crippen molar-refractivity contribution in [3.8, 4) is 0 Å². The van der Waals surface area contributed by atoms with Crippen LogP contribution in [-0.4, -0.2) is 10.7 Å². The van der Waals surface area contributed by atoms with E-state index in [-0.39, 0.29) is 11.7 Å². The summed E-state index contributed by atoms with van der Waals surface area (Å²) in [7, 11) is 0. The summed E-state index contributed by atoms with van der Waals surface area (Å²) in [6, 6.07) is 5.00. The minimum absolute atomic E-state index is 0.256. The predicted molar refractivity (Wildman–Crippen MR) is 79.5 cm³/mol. The van der Waals surface area contributed by atoms with Crippen molar-refractivity contribution in [1.29, 1.82) is 0 Å². The van der Waals surface area contributed by atoms with Crippen LogP contribution in [-0.2, 0) is 6.42 Å². The Morgan fingerprint density at radius 2 is 2.05 bits per heavy atom. The molecule has 3 heteroatoms. The van der Waals surface area contributed by atoms with Crippen LogP contribution < -0.4 is 0 Å². The summed E-state index contributed by atoms with van der Waals surface area (Å²) in [5.74, 6) is 0.00800. The number of rotatable bonds is 2. The van der Waals surface area contributed by atoms with E-state index in [1.54, 1.807) is 12.1 Å². The van der Waals surface area contributed by atoms with Crippen molar-refractivity contribution in [3.05, 3.63) is 34.1 Å². The lowest BCUT2D eigenvalue weighted by atomic mass is 9.64. The molecule has 0 bridgehead atoms. The fourth-order valence-corrected chi connectivity index (χ4v) is 3.61. The number of halogens is 2. The van der Waals surface area contributed by atoms with Gasteiger partial charge in [-0.25, -0.2) is 4.39 Å². The second-order valence-electron chi connectivity index (χ2n) is 6.80. The van der Waals surface area contributed by atoms with Crippen molar-refractivity contribution in [2.24, 2.45) is 11.3 Å². The average molecular weight is 329 g/mol. The summed E-state index contributed by atoms with van der Waals surface area (Å²) in [6.07, 6.45) is 3.49. The largest absolute Gasteiger partial charge is 0.389 e. The third-order valence-corrected chi connectivity index (χ3v) is 5.11. The third kappa shape index (κ3) is 3.38. The van der Waals surface area contributed by atoms with E-state index in [1.165, 1.54) is 6.07 Å². The number of hydrogen-bond acceptors (Lipinski definition) is 1. The molecule has 1 saturated carbocycles. The first-order chi connectivity index (χ1) is 8.72. The fourth-order valence-electron chi connectivity index (χ4n) is 3.19. The van der Waals surface area contributed by atoms with Crippen LogP contribution in [0.3, 0.4) is 0 Å². The van der Waals surface area contributed by atoms with Crippen LogP contribution in [0.2, 0.25) is 0 Å². The Morgan fingerprint density at radius 3 is 2.63 bits per heavy atom. The van der Waals surface area contributed by atoms with Crippen LogP contribution in [0.4, 0.5) is 4.39 Å². The van der Waals surface area contributed by atoms with E-state index in [9.17, 15) is 9.50 Å². The highest BCUT2D eigenvalue weighted by atomic mass is 79.9. The quantitative estimate of drug-likeness (QED) is 0.833. The summed E-state index contributed by atoms with van der Waals surface area (Å²) < 4.78 is 13.7. The van der Waals surface area contributed by atoms with Gasteiger partial charge in [0.1, 0.15) is 5.82 Å². The minimum atomic E-state index is -0.660. The smallest absolute Gasteiger partial charge is 0.137 e. The van der Waals surface area contributed by atoms with Gasteiger partial charge in [0.05, 0.1) is 10.1 Å². The molecule has 106 valence electrons. The monoisotopic (exact) mass is 328 g/mol. The number of aliphatic hydroxyl groups is 1. The zero-order valence-electron chi connectivity index (χ0n) is 11.8. The molecule has 1 aliphatic carbocycles. The molecule has 0 heterocycles. The van der Waals surface area contributed by atoms with Gasteiger partial charge in [0.2, 0.25) is 0 Å². The first-order valence-electron chi connectivity index (χ1n) is 6.88. The number of hydrogen-bond donors (Lipinski definition) is 1. The van der Waals surface area contributed by atoms with Crippen LogP contribution in [0.5, 0.6) is 0 Å². The molecule has 1 aromatic carbocycles. The first kappa shape index (κ1) is 15.0. The Kier molecular flexibility index (Phi) is 4.08. The van der Waals surface area contributed by atoms with Gasteiger partial charge in [0, 0.05) is 6.42 Å². The summed E-state index contributed by atoms with van der Waals surface area (Å²) >= 11 is 3.21. The molecule has 0 saturated heterocycles. The first-order valence-corrected chi connectivity index (χ1v) is 7.67. The van der Waals surface area contributed by atoms with Crippen LogP contribution in [0.15, 0.2) is 22.7 Å². The van der Waals surface area contributed by atoms with Crippen molar-refractivity contribution >= 4 is 15.9 Å². The molecule has 0 aliphatic heterocycles. The van der Waals surface area contributed by atoms with E-state index < -0.39 is 5.60 Å². The number of benzene rings is 1. The SMILES string of the molecule is CC1CC(C)(C)CCC1(O)Cc1ccc(F)c(Br)c1. The highest BCUT2D eigenvalue weighted by Gasteiger charge is 2.42. The van der Waals surface area contributed by atoms with E-state index >= 15 is 0 Å². The molecule has 2 unspecified atom stereocenters. The third-order valence-electron chi connectivity index (χ3n) is 4.51. The minimum Gasteiger partial charge on any atom is -0.389 e. The molecule has 1 aromatic rings. The Balaban J connectivity index is 2.15. The zero-order valence-corrected chi connectivity index (χ0v) is 13.4. The lowest BCUT2D eigenvalue weighted by Gasteiger charge is -2.45. The summed E-state index contributed by atoms with van der Waals surface area (Å²) in [5.41, 5.74) is 0.643. The van der Waals surface area contributed by atoms with Crippen molar-refractivity contribution in [1.82, 2.24) is 0 Å². The van der Waals surface area contributed by atoms with Gasteiger partial charge >= 0.3 is 0 Å². The maximum absolute atomic E-state index is 13.2. The standard InChI is InChI=1S/C16H22BrFO/c1-11-9-15(2,3)6-7-16(11,19)10-12-4-5-14(18)13(17)8-12/h4-5,8,11,19H,6-7,9-10H2,1-3H3. The Labute approximate surface area is 123 Å². The van der Waals surface area contributed by atoms with Gasteiger partial charge in [-0.2, -0.15) is 0 Å². The second-order valence-corrected chi connectivity index (χ2v) is 7.65. The highest BCUT2D eigenvalue weighted by Crippen LogP contribution is 2.45. The molecule has 0 radical (unpaired) electrons. The zero-order chi connectivity index (χ0) is 14.3. The van der Waals surface area contributed by atoms with E-state index in [1.807, 2.05) is 0 Å². The van der Waals surface area contributed by atoms with Crippen LogP contribution in [0.1, 0.15) is 45.6 Å². The molecule has 0 spiro atoms. The van der Waals surface area contributed by atoms with E-state index in [0.29, 0.717) is 16.3 Å². The van der Waals surface area contributed by atoms with Crippen molar-refractivity contribution in [2.75, 3.05) is 0 Å². The molecule has 1 N–H and O–H groups in total. The molecule has 0 amide bonds. The molecular formula is C16H22BrFO. The Morgan fingerprint density at radius 1 is 1.37 bits per heavy atom. The van der Waals surface area contributed by atoms with E-state index in [2.05, 4.69) is 36.7 Å². The van der Waals surface area contributed by atoms with Gasteiger partial charge < -0.3 is 5.11 Å². The fraction of sp³-hybridized carbons (Fsp3) is 0.625. The molecule has 19 heavy (non-hydrogen) atoms. The predicted octanol–water partition coefficient (Wildman–Crippen LogP) is 4.71. The normalized spacial score (nSPS) is 30.3. The lowest BCUT2D eigenvalue weighted by molar-refractivity contribution is -0.0704. The topological polar surface area (TPSA) is 20.2 Å². The summed E-state index contributed by atoms with van der Waals surface area (Å²) in [5, 5.41) is 10.9. The average Bonchev–Trinajstić information content (AvgIpc) is 2.30. The maximum atomic E-state index is 13.2. The van der Waals surface area contributed by atoms with Gasteiger partial charge in [-0.3, -0.25) is 0 Å². The molecular weight excluding hydrogens is 307 g/mol. The lowest BCUT2D eigenvalue weighted by Crippen LogP contribution is -2.45. The molecule has 1 fully saturated rings. The van der Waals surface area contributed by atoms with E-state index in [0.717, 1.165) is 24.8 Å². The van der Waals surface area contributed by atoms with Gasteiger partial charge in [-0.1, -0.05) is 26.8 Å². The van der Waals surface area contributed by atoms with Crippen LogP contribution in [0, 0.1) is 17.2 Å². The molecule has 1 nitrogen and oxygen atoms in total.